The van der Waals surface area contributed by atoms with E-state index in [1.807, 2.05) is 0 Å². The van der Waals surface area contributed by atoms with E-state index in [1.165, 1.54) is 6.07 Å². The van der Waals surface area contributed by atoms with Crippen LogP contribution < -0.4 is 17.0 Å². The van der Waals surface area contributed by atoms with Gasteiger partial charge in [-0.2, -0.15) is 0 Å². The lowest BCUT2D eigenvalue weighted by Gasteiger charge is -2.03. The van der Waals surface area contributed by atoms with Crippen molar-refractivity contribution in [3.8, 4) is 11.3 Å². The maximum Gasteiger partial charge on any atom is 0.261 e. The van der Waals surface area contributed by atoms with Gasteiger partial charge in [-0.25, -0.2) is 0 Å². The van der Waals surface area contributed by atoms with E-state index in [9.17, 15) is 9.59 Å². The lowest BCUT2D eigenvalue weighted by Crippen LogP contribution is -2.23. The Balaban J connectivity index is 2.48. The van der Waals surface area contributed by atoms with Gasteiger partial charge < -0.3 is 16.5 Å². The highest BCUT2D eigenvalue weighted by atomic mass is 16.2. The maximum absolute atomic E-state index is 11.5. The van der Waals surface area contributed by atoms with Gasteiger partial charge in [0.1, 0.15) is 5.56 Å². The number of benzene rings is 1. The van der Waals surface area contributed by atoms with Crippen molar-refractivity contribution in [2.45, 2.75) is 0 Å². The summed E-state index contributed by atoms with van der Waals surface area (Å²) in [6.45, 7) is 0. The number of carbonyl (C=O) groups is 1. The number of amides is 1. The number of primary amides is 1. The second-order valence-electron chi connectivity index (χ2n) is 3.60. The van der Waals surface area contributed by atoms with Crippen LogP contribution in [0.15, 0.2) is 41.2 Å². The number of hydrogen-bond acceptors (Lipinski definition) is 3. The first-order valence-electron chi connectivity index (χ1n) is 4.97. The molecule has 0 radical (unpaired) electrons. The molecule has 0 fully saturated rings. The first kappa shape index (κ1) is 10.9. The molecule has 2 rings (SSSR count). The topological polar surface area (TPSA) is 102 Å². The highest BCUT2D eigenvalue weighted by Gasteiger charge is 2.07. The molecule has 1 aromatic carbocycles. The zero-order valence-corrected chi connectivity index (χ0v) is 8.94. The Hall–Kier alpha value is -2.56. The van der Waals surface area contributed by atoms with E-state index < -0.39 is 11.5 Å². The molecule has 0 saturated heterocycles. The standard InChI is InChI=1S/C12H11N3O2/c13-8-3-1-7(2-4-8)10-6-5-9(11(14)16)12(17)15-10/h1-6H,13H2,(H2,14,16)(H,15,17). The number of carbonyl (C=O) groups excluding carboxylic acids is 1. The van der Waals surface area contributed by atoms with E-state index in [1.54, 1.807) is 30.3 Å². The molecule has 5 heteroatoms. The van der Waals surface area contributed by atoms with Crippen molar-refractivity contribution in [3.63, 3.8) is 0 Å². The van der Waals surface area contributed by atoms with Gasteiger partial charge in [-0.15, -0.1) is 0 Å². The number of nitrogen functional groups attached to an aromatic ring is 1. The molecule has 17 heavy (non-hydrogen) atoms. The molecule has 1 heterocycles. The fraction of sp³-hybridized carbons (Fsp3) is 0. The van der Waals surface area contributed by atoms with Crippen molar-refractivity contribution in [1.29, 1.82) is 0 Å². The lowest BCUT2D eigenvalue weighted by atomic mass is 10.1. The van der Waals surface area contributed by atoms with Crippen LogP contribution >= 0.6 is 0 Å². The number of aromatic amines is 1. The van der Waals surface area contributed by atoms with Crippen LogP contribution in [0.1, 0.15) is 10.4 Å². The zero-order valence-electron chi connectivity index (χ0n) is 8.94. The monoisotopic (exact) mass is 229 g/mol. The van der Waals surface area contributed by atoms with Gasteiger partial charge in [0.05, 0.1) is 0 Å². The molecule has 1 aromatic heterocycles. The summed E-state index contributed by atoms with van der Waals surface area (Å²) in [6.07, 6.45) is 0. The van der Waals surface area contributed by atoms with Gasteiger partial charge in [0.15, 0.2) is 0 Å². The average Bonchev–Trinajstić information content (AvgIpc) is 2.29. The van der Waals surface area contributed by atoms with E-state index >= 15 is 0 Å². The molecule has 0 bridgehead atoms. The Labute approximate surface area is 97.1 Å². The third-order valence-electron chi connectivity index (χ3n) is 2.40. The van der Waals surface area contributed by atoms with Gasteiger partial charge in [-0.3, -0.25) is 9.59 Å². The minimum Gasteiger partial charge on any atom is -0.399 e. The van der Waals surface area contributed by atoms with Gasteiger partial charge in [-0.1, -0.05) is 12.1 Å². The van der Waals surface area contributed by atoms with Crippen LogP contribution in [0.3, 0.4) is 0 Å². The van der Waals surface area contributed by atoms with Gasteiger partial charge in [0.2, 0.25) is 0 Å². The summed E-state index contributed by atoms with van der Waals surface area (Å²) in [5, 5.41) is 0. The van der Waals surface area contributed by atoms with E-state index in [0.29, 0.717) is 11.4 Å². The predicted molar refractivity (Wildman–Crippen MR) is 65.4 cm³/mol. The molecule has 0 atom stereocenters. The second-order valence-corrected chi connectivity index (χ2v) is 3.60. The van der Waals surface area contributed by atoms with Crippen LogP contribution in [-0.2, 0) is 0 Å². The number of nitrogens with two attached hydrogens (primary N) is 2. The summed E-state index contributed by atoms with van der Waals surface area (Å²) in [4.78, 5) is 25.0. The minimum absolute atomic E-state index is 0.0517. The summed E-state index contributed by atoms with van der Waals surface area (Å²) >= 11 is 0. The molecule has 0 aliphatic carbocycles. The lowest BCUT2D eigenvalue weighted by molar-refractivity contribution is 0.0999. The molecule has 0 aliphatic rings. The molecule has 86 valence electrons. The van der Waals surface area contributed by atoms with E-state index in [4.69, 9.17) is 11.5 Å². The molecular formula is C12H11N3O2. The number of rotatable bonds is 2. The summed E-state index contributed by atoms with van der Waals surface area (Å²) in [5.74, 6) is -0.741. The molecule has 5 N–H and O–H groups in total. The van der Waals surface area contributed by atoms with Gasteiger partial charge in [0.25, 0.3) is 11.5 Å². The molecular weight excluding hydrogens is 218 g/mol. The summed E-state index contributed by atoms with van der Waals surface area (Å²) in [7, 11) is 0. The van der Waals surface area contributed by atoms with Crippen LogP contribution in [-0.4, -0.2) is 10.9 Å². The van der Waals surface area contributed by atoms with E-state index in [2.05, 4.69) is 4.98 Å². The third-order valence-corrected chi connectivity index (χ3v) is 2.40. The van der Waals surface area contributed by atoms with Crippen molar-refractivity contribution in [3.05, 3.63) is 52.3 Å². The summed E-state index contributed by atoms with van der Waals surface area (Å²) < 4.78 is 0. The average molecular weight is 229 g/mol. The maximum atomic E-state index is 11.5. The molecule has 0 unspecified atom stereocenters. The van der Waals surface area contributed by atoms with Crippen molar-refractivity contribution < 1.29 is 4.79 Å². The van der Waals surface area contributed by atoms with Crippen LogP contribution in [0.5, 0.6) is 0 Å². The molecule has 0 spiro atoms. The fourth-order valence-corrected chi connectivity index (χ4v) is 1.50. The first-order chi connectivity index (χ1) is 8.08. The highest BCUT2D eigenvalue weighted by molar-refractivity contribution is 5.92. The highest BCUT2D eigenvalue weighted by Crippen LogP contribution is 2.17. The van der Waals surface area contributed by atoms with Crippen LogP contribution in [0.4, 0.5) is 5.69 Å². The number of H-pyrrole nitrogens is 1. The van der Waals surface area contributed by atoms with Gasteiger partial charge >= 0.3 is 0 Å². The van der Waals surface area contributed by atoms with Gasteiger partial charge in [0, 0.05) is 11.4 Å². The first-order valence-corrected chi connectivity index (χ1v) is 4.97. The molecule has 5 nitrogen and oxygen atoms in total. The Morgan fingerprint density at radius 2 is 1.71 bits per heavy atom. The zero-order chi connectivity index (χ0) is 12.4. The van der Waals surface area contributed by atoms with Crippen molar-refractivity contribution in [1.82, 2.24) is 4.98 Å². The quantitative estimate of drug-likeness (QED) is 0.661. The van der Waals surface area contributed by atoms with Crippen molar-refractivity contribution in [2.24, 2.45) is 5.73 Å². The molecule has 2 aromatic rings. The normalized spacial score (nSPS) is 10.1. The molecule has 0 aliphatic heterocycles. The Kier molecular flexibility index (Phi) is 2.66. The minimum atomic E-state index is -0.741. The third kappa shape index (κ3) is 2.17. The Morgan fingerprint density at radius 1 is 1.06 bits per heavy atom. The van der Waals surface area contributed by atoms with Crippen LogP contribution in [0.2, 0.25) is 0 Å². The largest absolute Gasteiger partial charge is 0.399 e. The predicted octanol–water partition coefficient (Wildman–Crippen LogP) is 0.723. The Morgan fingerprint density at radius 3 is 2.24 bits per heavy atom. The number of pyridine rings is 1. The van der Waals surface area contributed by atoms with Crippen LogP contribution in [0.25, 0.3) is 11.3 Å². The SMILES string of the molecule is NC(=O)c1ccc(-c2ccc(N)cc2)[nH]c1=O. The van der Waals surface area contributed by atoms with E-state index in [0.717, 1.165) is 5.56 Å². The number of anilines is 1. The molecule has 0 saturated carbocycles. The number of hydrogen-bond donors (Lipinski definition) is 3. The number of aromatic nitrogens is 1. The summed E-state index contributed by atoms with van der Waals surface area (Å²) in [5.41, 5.74) is 12.1. The fourth-order valence-electron chi connectivity index (χ4n) is 1.50. The van der Waals surface area contributed by atoms with E-state index in [-0.39, 0.29) is 5.56 Å². The summed E-state index contributed by atoms with van der Waals surface area (Å²) in [6, 6.07) is 10.1. The van der Waals surface area contributed by atoms with Crippen molar-refractivity contribution >= 4 is 11.6 Å². The van der Waals surface area contributed by atoms with Crippen molar-refractivity contribution in [2.75, 3.05) is 5.73 Å². The second kappa shape index (κ2) is 4.13. The van der Waals surface area contributed by atoms with Crippen LogP contribution in [0, 0.1) is 0 Å². The molecule has 1 amide bonds. The van der Waals surface area contributed by atoms with Gasteiger partial charge in [-0.05, 0) is 29.8 Å². The Bertz CT molecular complexity index is 614. The smallest absolute Gasteiger partial charge is 0.261 e. The number of nitrogens with one attached hydrogen (secondary N) is 1.